The summed E-state index contributed by atoms with van der Waals surface area (Å²) in [6, 6.07) is 9.98. The molecule has 1 amide bonds. The number of anilines is 2. The Morgan fingerprint density at radius 3 is 2.55 bits per heavy atom. The maximum absolute atomic E-state index is 12.3. The molecule has 6 heteroatoms. The van der Waals surface area contributed by atoms with Gasteiger partial charge in [0.2, 0.25) is 0 Å². The quantitative estimate of drug-likeness (QED) is 0.826. The number of rotatable bonds is 5. The van der Waals surface area contributed by atoms with E-state index in [9.17, 15) is 4.79 Å². The predicted octanol–water partition coefficient (Wildman–Crippen LogP) is 3.58. The number of nitrogens with one attached hydrogen (secondary N) is 1. The average molecular weight is 321 g/mol. The van der Waals surface area contributed by atoms with Crippen LogP contribution in [0.3, 0.4) is 0 Å². The molecule has 0 radical (unpaired) electrons. The number of benzene rings is 2. The molecule has 2 rings (SSSR count). The van der Waals surface area contributed by atoms with Gasteiger partial charge in [0.25, 0.3) is 5.91 Å². The number of halogens is 1. The molecule has 0 saturated carbocycles. The van der Waals surface area contributed by atoms with Crippen LogP contribution in [0.25, 0.3) is 0 Å². The van der Waals surface area contributed by atoms with E-state index in [1.165, 1.54) is 7.11 Å². The zero-order valence-corrected chi connectivity index (χ0v) is 13.1. The van der Waals surface area contributed by atoms with Gasteiger partial charge in [-0.2, -0.15) is 0 Å². The molecule has 0 spiro atoms. The Kier molecular flexibility index (Phi) is 5.12. The van der Waals surface area contributed by atoms with Gasteiger partial charge in [-0.3, -0.25) is 4.79 Å². The highest BCUT2D eigenvalue weighted by Crippen LogP contribution is 2.35. The molecule has 5 nitrogen and oxygen atoms in total. The SMILES string of the molecule is CCOc1ccc(C(=O)Nc2c(Cl)cc(N)cc2OC)cc1. The molecular weight excluding hydrogens is 304 g/mol. The molecular formula is C16H17ClN2O3. The molecule has 0 aliphatic carbocycles. The molecule has 2 aromatic carbocycles. The van der Waals surface area contributed by atoms with Gasteiger partial charge >= 0.3 is 0 Å². The molecule has 2 aromatic rings. The topological polar surface area (TPSA) is 73.6 Å². The molecule has 0 aromatic heterocycles. The van der Waals surface area contributed by atoms with E-state index in [4.69, 9.17) is 26.8 Å². The third kappa shape index (κ3) is 3.62. The fourth-order valence-corrected chi connectivity index (χ4v) is 2.20. The van der Waals surface area contributed by atoms with Crippen LogP contribution in [0.1, 0.15) is 17.3 Å². The number of ether oxygens (including phenoxy) is 2. The van der Waals surface area contributed by atoms with Gasteiger partial charge in [-0.05, 0) is 37.3 Å². The van der Waals surface area contributed by atoms with E-state index in [1.807, 2.05) is 6.92 Å². The van der Waals surface area contributed by atoms with Crippen molar-refractivity contribution in [3.8, 4) is 11.5 Å². The summed E-state index contributed by atoms with van der Waals surface area (Å²) < 4.78 is 10.5. The summed E-state index contributed by atoms with van der Waals surface area (Å²) in [6.07, 6.45) is 0. The van der Waals surface area contributed by atoms with Gasteiger partial charge in [-0.25, -0.2) is 0 Å². The van der Waals surface area contributed by atoms with E-state index in [1.54, 1.807) is 36.4 Å². The Balaban J connectivity index is 2.21. The van der Waals surface area contributed by atoms with E-state index in [0.717, 1.165) is 0 Å². The summed E-state index contributed by atoms with van der Waals surface area (Å²) in [5.41, 5.74) is 7.03. The number of hydrogen-bond acceptors (Lipinski definition) is 4. The monoisotopic (exact) mass is 320 g/mol. The lowest BCUT2D eigenvalue weighted by molar-refractivity contribution is 0.102. The fraction of sp³-hybridized carbons (Fsp3) is 0.188. The first-order chi connectivity index (χ1) is 10.5. The second-order valence-electron chi connectivity index (χ2n) is 4.49. The molecule has 0 aliphatic heterocycles. The number of nitrogens with two attached hydrogens (primary N) is 1. The Bertz CT molecular complexity index is 672. The van der Waals surface area contributed by atoms with Crippen LogP contribution in [0.4, 0.5) is 11.4 Å². The first-order valence-electron chi connectivity index (χ1n) is 6.72. The van der Waals surface area contributed by atoms with Crippen molar-refractivity contribution in [1.29, 1.82) is 0 Å². The van der Waals surface area contributed by atoms with Gasteiger partial charge in [0.1, 0.15) is 17.2 Å². The Hall–Kier alpha value is -2.40. The van der Waals surface area contributed by atoms with Crippen molar-refractivity contribution in [3.05, 3.63) is 47.0 Å². The van der Waals surface area contributed by atoms with Crippen LogP contribution in [-0.4, -0.2) is 19.6 Å². The van der Waals surface area contributed by atoms with Crippen molar-refractivity contribution in [2.45, 2.75) is 6.92 Å². The number of carbonyl (C=O) groups is 1. The van der Waals surface area contributed by atoms with Crippen molar-refractivity contribution >= 4 is 28.9 Å². The summed E-state index contributed by atoms with van der Waals surface area (Å²) in [7, 11) is 1.48. The summed E-state index contributed by atoms with van der Waals surface area (Å²) in [4.78, 5) is 12.3. The van der Waals surface area contributed by atoms with Crippen LogP contribution < -0.4 is 20.5 Å². The lowest BCUT2D eigenvalue weighted by Gasteiger charge is -2.13. The minimum atomic E-state index is -0.298. The Morgan fingerprint density at radius 1 is 1.27 bits per heavy atom. The minimum Gasteiger partial charge on any atom is -0.494 e. The Labute approximate surface area is 134 Å². The molecule has 0 atom stereocenters. The minimum absolute atomic E-state index is 0.298. The molecule has 0 bridgehead atoms. The smallest absolute Gasteiger partial charge is 0.255 e. The van der Waals surface area contributed by atoms with Crippen molar-refractivity contribution in [2.24, 2.45) is 0 Å². The average Bonchev–Trinajstić information content (AvgIpc) is 2.50. The van der Waals surface area contributed by atoms with Gasteiger partial charge in [-0.15, -0.1) is 0 Å². The predicted molar refractivity (Wildman–Crippen MR) is 88.0 cm³/mol. The molecule has 0 heterocycles. The van der Waals surface area contributed by atoms with Gasteiger partial charge < -0.3 is 20.5 Å². The van der Waals surface area contributed by atoms with Crippen molar-refractivity contribution in [2.75, 3.05) is 24.8 Å². The second-order valence-corrected chi connectivity index (χ2v) is 4.90. The van der Waals surface area contributed by atoms with E-state index in [2.05, 4.69) is 5.32 Å². The third-order valence-electron chi connectivity index (χ3n) is 2.96. The summed E-state index contributed by atoms with van der Waals surface area (Å²) >= 11 is 6.12. The normalized spacial score (nSPS) is 10.1. The van der Waals surface area contributed by atoms with Crippen molar-refractivity contribution in [3.63, 3.8) is 0 Å². The zero-order chi connectivity index (χ0) is 16.1. The molecule has 0 aliphatic rings. The number of hydrogen-bond donors (Lipinski definition) is 2. The van der Waals surface area contributed by atoms with Crippen LogP contribution in [0.5, 0.6) is 11.5 Å². The Morgan fingerprint density at radius 2 is 1.95 bits per heavy atom. The lowest BCUT2D eigenvalue weighted by atomic mass is 10.2. The van der Waals surface area contributed by atoms with E-state index >= 15 is 0 Å². The fourth-order valence-electron chi connectivity index (χ4n) is 1.94. The molecule has 0 fully saturated rings. The van der Waals surface area contributed by atoms with Crippen LogP contribution in [0.2, 0.25) is 5.02 Å². The largest absolute Gasteiger partial charge is 0.494 e. The summed E-state index contributed by atoms with van der Waals surface area (Å²) in [6.45, 7) is 2.47. The molecule has 22 heavy (non-hydrogen) atoms. The van der Waals surface area contributed by atoms with Crippen molar-refractivity contribution < 1.29 is 14.3 Å². The second kappa shape index (κ2) is 7.04. The molecule has 116 valence electrons. The lowest BCUT2D eigenvalue weighted by Crippen LogP contribution is -2.13. The number of methoxy groups -OCH3 is 1. The highest BCUT2D eigenvalue weighted by molar-refractivity contribution is 6.34. The molecule has 0 unspecified atom stereocenters. The first-order valence-corrected chi connectivity index (χ1v) is 7.10. The molecule has 3 N–H and O–H groups in total. The van der Waals surface area contributed by atoms with Crippen molar-refractivity contribution in [1.82, 2.24) is 0 Å². The number of carbonyl (C=O) groups excluding carboxylic acids is 1. The third-order valence-corrected chi connectivity index (χ3v) is 3.26. The van der Waals surface area contributed by atoms with E-state index in [-0.39, 0.29) is 5.91 Å². The maximum atomic E-state index is 12.3. The van der Waals surface area contributed by atoms with Gasteiger partial charge in [0.15, 0.2) is 0 Å². The van der Waals surface area contributed by atoms with Gasteiger partial charge in [-0.1, -0.05) is 11.6 Å². The van der Waals surface area contributed by atoms with Gasteiger partial charge in [0, 0.05) is 17.3 Å². The standard InChI is InChI=1S/C16H17ClN2O3/c1-3-22-12-6-4-10(5-7-12)16(20)19-15-13(17)8-11(18)9-14(15)21-2/h4-9H,3,18H2,1-2H3,(H,19,20). The molecule has 0 saturated heterocycles. The summed E-state index contributed by atoms with van der Waals surface area (Å²) in [5.74, 6) is 0.819. The van der Waals surface area contributed by atoms with E-state index in [0.29, 0.717) is 40.1 Å². The summed E-state index contributed by atoms with van der Waals surface area (Å²) in [5, 5.41) is 3.05. The maximum Gasteiger partial charge on any atom is 0.255 e. The zero-order valence-electron chi connectivity index (χ0n) is 12.4. The van der Waals surface area contributed by atoms with Crippen LogP contribution >= 0.6 is 11.6 Å². The first kappa shape index (κ1) is 16.0. The number of amides is 1. The highest BCUT2D eigenvalue weighted by Gasteiger charge is 2.14. The van der Waals surface area contributed by atoms with Crippen LogP contribution in [0.15, 0.2) is 36.4 Å². The van der Waals surface area contributed by atoms with Crippen LogP contribution in [-0.2, 0) is 0 Å². The van der Waals surface area contributed by atoms with E-state index < -0.39 is 0 Å². The number of nitrogen functional groups attached to an aromatic ring is 1. The highest BCUT2D eigenvalue weighted by atomic mass is 35.5. The van der Waals surface area contributed by atoms with Gasteiger partial charge in [0.05, 0.1) is 18.7 Å². The van der Waals surface area contributed by atoms with Crippen LogP contribution in [0, 0.1) is 0 Å².